The highest BCUT2D eigenvalue weighted by molar-refractivity contribution is 5.92. The minimum atomic E-state index is -0.990. The van der Waals surface area contributed by atoms with Gasteiger partial charge in [0.15, 0.2) is 0 Å². The fourth-order valence-corrected chi connectivity index (χ4v) is 2.95. The van der Waals surface area contributed by atoms with E-state index < -0.39 is 5.60 Å². The molecule has 1 unspecified atom stereocenters. The van der Waals surface area contributed by atoms with E-state index in [1.54, 1.807) is 19.1 Å². The van der Waals surface area contributed by atoms with Gasteiger partial charge in [0.1, 0.15) is 11.2 Å². The highest BCUT2D eigenvalue weighted by Crippen LogP contribution is 2.27. The van der Waals surface area contributed by atoms with E-state index in [-0.39, 0.29) is 0 Å². The highest BCUT2D eigenvalue weighted by atomic mass is 19.3. The Bertz CT molecular complexity index is 930. The quantitative estimate of drug-likeness (QED) is 0.545. The van der Waals surface area contributed by atoms with Gasteiger partial charge in [-0.3, -0.25) is 0 Å². The van der Waals surface area contributed by atoms with Crippen LogP contribution in [0, 0.1) is 0 Å². The van der Waals surface area contributed by atoms with Gasteiger partial charge in [0.05, 0.1) is 0 Å². The lowest BCUT2D eigenvalue weighted by Gasteiger charge is -2.21. The van der Waals surface area contributed by atoms with Crippen molar-refractivity contribution in [2.45, 2.75) is 26.0 Å². The van der Waals surface area contributed by atoms with E-state index in [9.17, 15) is 4.53 Å². The van der Waals surface area contributed by atoms with Gasteiger partial charge in [-0.1, -0.05) is 42.5 Å². The van der Waals surface area contributed by atoms with Gasteiger partial charge in [-0.15, -0.1) is 0 Å². The summed E-state index contributed by atoms with van der Waals surface area (Å²) in [7, 11) is 0. The molecule has 140 valence electrons. The predicted molar refractivity (Wildman–Crippen MR) is 108 cm³/mol. The van der Waals surface area contributed by atoms with Crippen molar-refractivity contribution in [3.8, 4) is 11.1 Å². The van der Waals surface area contributed by atoms with Crippen LogP contribution in [0.5, 0.6) is 0 Å². The van der Waals surface area contributed by atoms with Crippen molar-refractivity contribution in [1.29, 1.82) is 0 Å². The van der Waals surface area contributed by atoms with Crippen molar-refractivity contribution in [2.75, 3.05) is 6.54 Å². The van der Waals surface area contributed by atoms with Crippen molar-refractivity contribution in [3.63, 3.8) is 0 Å². The number of halogens is 1. The van der Waals surface area contributed by atoms with Crippen LogP contribution >= 0.6 is 0 Å². The molecule has 3 rings (SSSR count). The molecular formula is C22H24FN3O. The Kier molecular flexibility index (Phi) is 6.16. The largest absolute Gasteiger partial charge is 0.346 e. The summed E-state index contributed by atoms with van der Waals surface area (Å²) >= 11 is 0. The molecule has 1 aromatic carbocycles. The average Bonchev–Trinajstić information content (AvgIpc) is 3.18. The topological polar surface area (TPSA) is 49.9 Å². The monoisotopic (exact) mass is 365 g/mol. The summed E-state index contributed by atoms with van der Waals surface area (Å²) in [6.07, 6.45) is 10.9. The first kappa shape index (κ1) is 19.0. The van der Waals surface area contributed by atoms with Crippen molar-refractivity contribution in [1.82, 2.24) is 15.3 Å². The minimum Gasteiger partial charge on any atom is -0.346 e. The zero-order chi connectivity index (χ0) is 19.1. The van der Waals surface area contributed by atoms with Crippen molar-refractivity contribution in [2.24, 2.45) is 0 Å². The number of pyridine rings is 1. The van der Waals surface area contributed by atoms with Crippen LogP contribution in [0.15, 0.2) is 73.1 Å². The second-order valence-electron chi connectivity index (χ2n) is 6.67. The van der Waals surface area contributed by atoms with Gasteiger partial charge >= 0.3 is 0 Å². The minimum absolute atomic E-state index is 0.369. The van der Waals surface area contributed by atoms with E-state index in [1.165, 1.54) is 0 Å². The van der Waals surface area contributed by atoms with Crippen LogP contribution in [0.2, 0.25) is 0 Å². The lowest BCUT2D eigenvalue weighted by molar-refractivity contribution is -0.206. The van der Waals surface area contributed by atoms with Crippen LogP contribution in [0.4, 0.5) is 4.53 Å². The number of nitrogens with zero attached hydrogens (tertiary/aromatic N) is 1. The van der Waals surface area contributed by atoms with Crippen molar-refractivity contribution in [3.05, 3.63) is 78.7 Å². The fraction of sp³-hybridized carbons (Fsp3) is 0.227. The Morgan fingerprint density at radius 1 is 1.19 bits per heavy atom. The summed E-state index contributed by atoms with van der Waals surface area (Å²) in [6.45, 7) is 4.61. The SMILES string of the molecule is C/C=C\C=C/C(C)(CNCc1ccc(-c2ccnc3[nH]ccc23)cc1)OF. The lowest BCUT2D eigenvalue weighted by atomic mass is 10.0. The van der Waals surface area contributed by atoms with Gasteiger partial charge in [0.25, 0.3) is 0 Å². The van der Waals surface area contributed by atoms with Gasteiger partial charge in [0, 0.05) is 30.9 Å². The van der Waals surface area contributed by atoms with Gasteiger partial charge in [-0.05, 0) is 53.3 Å². The van der Waals surface area contributed by atoms with Crippen LogP contribution < -0.4 is 5.32 Å². The molecule has 27 heavy (non-hydrogen) atoms. The molecule has 0 radical (unpaired) electrons. The molecule has 0 aliphatic heterocycles. The molecule has 0 fully saturated rings. The van der Waals surface area contributed by atoms with Gasteiger partial charge in [0.2, 0.25) is 0 Å². The molecule has 1 atom stereocenters. The van der Waals surface area contributed by atoms with E-state index in [0.29, 0.717) is 13.1 Å². The normalized spacial score (nSPS) is 14.3. The Balaban J connectivity index is 1.63. The molecule has 5 heteroatoms. The molecule has 0 aliphatic carbocycles. The zero-order valence-electron chi connectivity index (χ0n) is 15.6. The fourth-order valence-electron chi connectivity index (χ4n) is 2.95. The Morgan fingerprint density at radius 3 is 2.74 bits per heavy atom. The van der Waals surface area contributed by atoms with Crippen LogP contribution in [-0.4, -0.2) is 22.1 Å². The molecule has 0 bridgehead atoms. The lowest BCUT2D eigenvalue weighted by Crippen LogP contribution is -2.36. The number of nitrogens with one attached hydrogen (secondary N) is 2. The predicted octanol–water partition coefficient (Wildman–Crippen LogP) is 5.11. The van der Waals surface area contributed by atoms with E-state index >= 15 is 0 Å². The second kappa shape index (κ2) is 8.75. The third-order valence-corrected chi connectivity index (χ3v) is 4.46. The highest BCUT2D eigenvalue weighted by Gasteiger charge is 2.22. The number of allylic oxidation sites excluding steroid dienone is 3. The molecule has 0 saturated heterocycles. The first-order valence-corrected chi connectivity index (χ1v) is 8.97. The maximum atomic E-state index is 12.9. The molecular weight excluding hydrogens is 341 g/mol. The summed E-state index contributed by atoms with van der Waals surface area (Å²) in [5.74, 6) is 0. The number of benzene rings is 1. The molecule has 4 nitrogen and oxygen atoms in total. The summed E-state index contributed by atoms with van der Waals surface area (Å²) in [5, 5.41) is 4.35. The number of rotatable bonds is 8. The molecule has 0 spiro atoms. The Hall–Kier alpha value is -2.76. The van der Waals surface area contributed by atoms with E-state index in [1.807, 2.05) is 43.6 Å². The zero-order valence-corrected chi connectivity index (χ0v) is 15.6. The molecule has 2 heterocycles. The molecule has 0 saturated carbocycles. The first-order chi connectivity index (χ1) is 13.1. The van der Waals surface area contributed by atoms with Crippen LogP contribution in [0.3, 0.4) is 0 Å². The van der Waals surface area contributed by atoms with Gasteiger partial charge in [-0.25, -0.2) is 4.98 Å². The average molecular weight is 365 g/mol. The maximum Gasteiger partial charge on any atom is 0.137 e. The second-order valence-corrected chi connectivity index (χ2v) is 6.67. The van der Waals surface area contributed by atoms with Gasteiger partial charge in [-0.2, -0.15) is 4.94 Å². The van der Waals surface area contributed by atoms with Crippen LogP contribution in [0.25, 0.3) is 22.2 Å². The molecule has 0 aliphatic rings. The third-order valence-electron chi connectivity index (χ3n) is 4.46. The first-order valence-electron chi connectivity index (χ1n) is 8.97. The third kappa shape index (κ3) is 4.70. The number of hydrogen-bond acceptors (Lipinski definition) is 3. The van der Waals surface area contributed by atoms with Crippen molar-refractivity contribution >= 4 is 11.0 Å². The van der Waals surface area contributed by atoms with E-state index in [2.05, 4.69) is 44.5 Å². The van der Waals surface area contributed by atoms with E-state index in [4.69, 9.17) is 0 Å². The molecule has 2 aromatic heterocycles. The summed E-state index contributed by atoms with van der Waals surface area (Å²) in [4.78, 5) is 11.6. The number of aromatic nitrogens is 2. The van der Waals surface area contributed by atoms with Crippen LogP contribution in [-0.2, 0) is 11.5 Å². The number of H-pyrrole nitrogens is 1. The van der Waals surface area contributed by atoms with E-state index in [0.717, 1.165) is 27.7 Å². The standard InChI is InChI=1S/C22H24FN3O/c1-3-4-5-12-22(2,27-23)16-24-15-17-6-8-18(9-7-17)19-10-13-25-21-20(19)11-14-26-21/h3-14,24H,15-16H2,1-2H3,(H,25,26)/b4-3-,12-5-. The summed E-state index contributed by atoms with van der Waals surface area (Å²) in [5.41, 5.74) is 3.30. The summed E-state index contributed by atoms with van der Waals surface area (Å²) in [6, 6.07) is 12.4. The van der Waals surface area contributed by atoms with Crippen LogP contribution in [0.1, 0.15) is 19.4 Å². The van der Waals surface area contributed by atoms with Crippen molar-refractivity contribution < 1.29 is 9.47 Å². The number of hydrogen-bond donors (Lipinski definition) is 2. The molecule has 0 amide bonds. The smallest absolute Gasteiger partial charge is 0.137 e. The Morgan fingerprint density at radius 2 is 2.00 bits per heavy atom. The Labute approximate surface area is 158 Å². The van der Waals surface area contributed by atoms with Gasteiger partial charge < -0.3 is 10.3 Å². The maximum absolute atomic E-state index is 12.9. The summed E-state index contributed by atoms with van der Waals surface area (Å²) < 4.78 is 12.9. The number of aromatic amines is 1. The molecule has 2 N–H and O–H groups in total. The molecule has 3 aromatic rings. The number of fused-ring (bicyclic) bond motifs is 1.